The Morgan fingerprint density at radius 1 is 1.21 bits per heavy atom. The van der Waals surface area contributed by atoms with Gasteiger partial charge in [-0.15, -0.1) is 11.3 Å². The molecule has 0 saturated heterocycles. The van der Waals surface area contributed by atoms with E-state index >= 15 is 0 Å². The fourth-order valence-electron chi connectivity index (χ4n) is 4.34. The van der Waals surface area contributed by atoms with Crippen LogP contribution < -0.4 is 15.5 Å². The van der Waals surface area contributed by atoms with Crippen molar-refractivity contribution in [3.63, 3.8) is 0 Å². The van der Waals surface area contributed by atoms with Crippen LogP contribution in [0.25, 0.3) is 32.4 Å². The van der Waals surface area contributed by atoms with Crippen molar-refractivity contribution in [2.75, 3.05) is 6.61 Å². The Hall–Kier alpha value is -4.44. The molecule has 3 aromatic heterocycles. The molecule has 1 atom stereocenters. The number of para-hydroxylation sites is 1. The van der Waals surface area contributed by atoms with Gasteiger partial charge in [0.25, 0.3) is 5.91 Å². The van der Waals surface area contributed by atoms with Crippen LogP contribution in [0.1, 0.15) is 23.7 Å². The third-order valence-corrected chi connectivity index (χ3v) is 7.27. The summed E-state index contributed by atoms with van der Waals surface area (Å²) in [5, 5.41) is 16.0. The van der Waals surface area contributed by atoms with E-state index < -0.39 is 24.5 Å². The number of benzene rings is 2. The second-order valence-electron chi connectivity index (χ2n) is 8.89. The van der Waals surface area contributed by atoms with E-state index in [-0.39, 0.29) is 11.8 Å². The van der Waals surface area contributed by atoms with E-state index in [9.17, 15) is 19.5 Å². The molecule has 0 aliphatic rings. The van der Waals surface area contributed by atoms with Crippen molar-refractivity contribution in [2.45, 2.75) is 32.7 Å². The monoisotopic (exact) mass is 531 g/mol. The molecule has 5 rings (SSSR count). The number of rotatable bonds is 9. The normalized spacial score (nSPS) is 12.1. The number of thiazole rings is 1. The van der Waals surface area contributed by atoms with E-state index in [0.717, 1.165) is 27.7 Å². The van der Waals surface area contributed by atoms with Gasteiger partial charge in [0.05, 0.1) is 10.9 Å². The van der Waals surface area contributed by atoms with E-state index in [1.165, 1.54) is 17.6 Å². The molecule has 0 aliphatic heterocycles. The maximum absolute atomic E-state index is 13.1. The minimum atomic E-state index is -1.14. The molecule has 10 heteroatoms. The number of hydrogen-bond donors (Lipinski definition) is 3. The number of aromatic amines is 1. The zero-order valence-corrected chi connectivity index (χ0v) is 21.6. The topological polar surface area (TPSA) is 135 Å². The molecule has 9 nitrogen and oxygen atoms in total. The molecular weight excluding hydrogens is 506 g/mol. The largest absolute Gasteiger partial charge is 0.483 e. The molecule has 2 aromatic carbocycles. The molecule has 1 amide bonds. The number of carboxylic acids is 1. The van der Waals surface area contributed by atoms with Crippen LogP contribution in [-0.2, 0) is 22.4 Å². The zero-order valence-electron chi connectivity index (χ0n) is 20.7. The van der Waals surface area contributed by atoms with Gasteiger partial charge in [-0.05, 0) is 36.6 Å². The highest BCUT2D eigenvalue weighted by molar-refractivity contribution is 7.13. The summed E-state index contributed by atoms with van der Waals surface area (Å²) in [4.78, 5) is 45.1. The highest BCUT2D eigenvalue weighted by atomic mass is 32.1. The average molecular weight is 532 g/mol. The van der Waals surface area contributed by atoms with Crippen molar-refractivity contribution in [1.82, 2.24) is 15.3 Å². The minimum Gasteiger partial charge on any atom is -0.483 e. The molecule has 5 aromatic rings. The van der Waals surface area contributed by atoms with Crippen LogP contribution in [0.2, 0.25) is 0 Å². The molecule has 0 fully saturated rings. The first kappa shape index (κ1) is 25.2. The van der Waals surface area contributed by atoms with E-state index in [2.05, 4.69) is 15.3 Å². The van der Waals surface area contributed by atoms with E-state index in [1.54, 1.807) is 18.3 Å². The smallest absolute Gasteiger partial charge is 0.326 e. The van der Waals surface area contributed by atoms with E-state index in [1.807, 2.05) is 43.5 Å². The Labute approximate surface area is 221 Å². The minimum absolute atomic E-state index is 0.118. The Balaban J connectivity index is 1.32. The Kier molecular flexibility index (Phi) is 6.97. The maximum Gasteiger partial charge on any atom is 0.326 e. The number of carbonyl (C=O) groups is 2. The summed E-state index contributed by atoms with van der Waals surface area (Å²) < 4.78 is 11.5. The summed E-state index contributed by atoms with van der Waals surface area (Å²) in [6, 6.07) is 9.72. The third-order valence-electron chi connectivity index (χ3n) is 6.28. The van der Waals surface area contributed by atoms with Crippen LogP contribution >= 0.6 is 11.3 Å². The van der Waals surface area contributed by atoms with Gasteiger partial charge in [0.15, 0.2) is 6.61 Å². The third kappa shape index (κ3) is 5.03. The molecule has 0 spiro atoms. The summed E-state index contributed by atoms with van der Waals surface area (Å²) in [7, 11) is 0. The van der Waals surface area contributed by atoms with Crippen LogP contribution in [0.3, 0.4) is 0 Å². The lowest BCUT2D eigenvalue weighted by atomic mass is 10.0. The number of aryl methyl sites for hydroxylation is 2. The van der Waals surface area contributed by atoms with Crippen LogP contribution in [0.4, 0.5) is 0 Å². The van der Waals surface area contributed by atoms with Crippen molar-refractivity contribution in [3.8, 4) is 16.3 Å². The summed E-state index contributed by atoms with van der Waals surface area (Å²) in [5.41, 5.74) is 3.75. The highest BCUT2D eigenvalue weighted by Gasteiger charge is 2.23. The number of H-pyrrole nitrogens is 1. The summed E-state index contributed by atoms with van der Waals surface area (Å²) >= 11 is 1.37. The number of amides is 1. The molecule has 3 N–H and O–H groups in total. The first-order valence-electron chi connectivity index (χ1n) is 12.0. The molecule has 3 heterocycles. The molecule has 1 unspecified atom stereocenters. The van der Waals surface area contributed by atoms with Crippen LogP contribution in [0, 0.1) is 6.92 Å². The van der Waals surface area contributed by atoms with Gasteiger partial charge in [-0.1, -0.05) is 25.1 Å². The van der Waals surface area contributed by atoms with Crippen molar-refractivity contribution < 1.29 is 23.8 Å². The fraction of sp³-hybridized carbons (Fsp3) is 0.214. The van der Waals surface area contributed by atoms with Gasteiger partial charge in [0.1, 0.15) is 28.6 Å². The SMILES string of the molecule is CCc1cc2c(=O)c(-c3nc(C)cs3)coc2cc1OCC(=O)NC(Cc1c[nH]c2ccccc12)C(=O)O. The number of carbonyl (C=O) groups excluding carboxylic acids is 1. The van der Waals surface area contributed by atoms with Crippen molar-refractivity contribution in [2.24, 2.45) is 0 Å². The van der Waals surface area contributed by atoms with Gasteiger partial charge in [0, 0.05) is 40.7 Å². The number of aromatic nitrogens is 2. The Morgan fingerprint density at radius 3 is 2.76 bits per heavy atom. The lowest BCUT2D eigenvalue weighted by Crippen LogP contribution is -2.44. The summed E-state index contributed by atoms with van der Waals surface area (Å²) in [6.45, 7) is 3.38. The predicted molar refractivity (Wildman–Crippen MR) is 145 cm³/mol. The van der Waals surface area contributed by atoms with Crippen LogP contribution in [-0.4, -0.2) is 39.6 Å². The van der Waals surface area contributed by atoms with Gasteiger partial charge >= 0.3 is 5.97 Å². The zero-order chi connectivity index (χ0) is 26.8. The number of nitrogens with zero attached hydrogens (tertiary/aromatic N) is 1. The maximum atomic E-state index is 13.1. The quantitative estimate of drug-likeness (QED) is 0.256. The van der Waals surface area contributed by atoms with Gasteiger partial charge in [-0.3, -0.25) is 9.59 Å². The number of nitrogens with one attached hydrogen (secondary N) is 2. The van der Waals surface area contributed by atoms with Crippen molar-refractivity contribution in [1.29, 1.82) is 0 Å². The van der Waals surface area contributed by atoms with Crippen LogP contribution in [0.5, 0.6) is 5.75 Å². The first-order valence-corrected chi connectivity index (χ1v) is 12.9. The van der Waals surface area contributed by atoms with Crippen molar-refractivity contribution in [3.05, 3.63) is 81.3 Å². The number of ether oxygens (including phenoxy) is 1. The number of hydrogen-bond acceptors (Lipinski definition) is 7. The summed E-state index contributed by atoms with van der Waals surface area (Å²) in [6.07, 6.45) is 3.80. The Morgan fingerprint density at radius 2 is 2.03 bits per heavy atom. The molecule has 0 aliphatic carbocycles. The van der Waals surface area contributed by atoms with E-state index in [0.29, 0.717) is 33.7 Å². The second-order valence-corrected chi connectivity index (χ2v) is 9.75. The van der Waals surface area contributed by atoms with E-state index in [4.69, 9.17) is 9.15 Å². The molecule has 0 bridgehead atoms. The second kappa shape index (κ2) is 10.5. The lowest BCUT2D eigenvalue weighted by molar-refractivity contribution is -0.142. The molecule has 0 saturated carbocycles. The standard InChI is InChI=1S/C28H25N3O6S/c1-3-16-8-19-24(36-12-20(26(19)33)27-30-15(2)14-38-27)10-23(16)37-13-25(32)31-22(28(34)35)9-17-11-29-21-7-5-4-6-18(17)21/h4-8,10-12,14,22,29H,3,9,13H2,1-2H3,(H,31,32)(H,34,35). The fourth-order valence-corrected chi connectivity index (χ4v) is 5.14. The highest BCUT2D eigenvalue weighted by Crippen LogP contribution is 2.28. The molecule has 38 heavy (non-hydrogen) atoms. The van der Waals surface area contributed by atoms with Gasteiger partial charge in [-0.25, -0.2) is 9.78 Å². The molecular formula is C28H25N3O6S. The first-order chi connectivity index (χ1) is 18.3. The molecule has 194 valence electrons. The number of carboxylic acid groups (broad SMARTS) is 1. The summed E-state index contributed by atoms with van der Waals surface area (Å²) in [5.74, 6) is -1.33. The van der Waals surface area contributed by atoms with Gasteiger partial charge < -0.3 is 24.6 Å². The van der Waals surface area contributed by atoms with Crippen molar-refractivity contribution >= 4 is 45.1 Å². The predicted octanol–water partition coefficient (Wildman–Crippen LogP) is 4.46. The Bertz CT molecular complexity index is 1720. The number of fused-ring (bicyclic) bond motifs is 2. The lowest BCUT2D eigenvalue weighted by Gasteiger charge is -2.16. The van der Waals surface area contributed by atoms with Gasteiger partial charge in [0.2, 0.25) is 5.43 Å². The van der Waals surface area contributed by atoms with Crippen LogP contribution in [0.15, 0.2) is 63.4 Å². The molecule has 0 radical (unpaired) electrons. The number of aliphatic carboxylic acids is 1. The average Bonchev–Trinajstić information content (AvgIpc) is 3.53. The van der Waals surface area contributed by atoms with Gasteiger partial charge in [-0.2, -0.15) is 0 Å².